The quantitative estimate of drug-likeness (QED) is 0.157. The zero-order chi connectivity index (χ0) is 32.7. The van der Waals surface area contributed by atoms with Gasteiger partial charge in [0, 0.05) is 11.8 Å². The Kier molecular flexibility index (Phi) is 10.8. The minimum Gasteiger partial charge on any atom is -0.317 e. The summed E-state index contributed by atoms with van der Waals surface area (Å²) < 4.78 is 0. The summed E-state index contributed by atoms with van der Waals surface area (Å²) in [5, 5.41) is 29.9. The zero-order valence-corrected chi connectivity index (χ0v) is 29.1. The van der Waals surface area contributed by atoms with Gasteiger partial charge in [-0.15, -0.1) is 20.4 Å². The number of aromatic nitrogens is 4. The van der Waals surface area contributed by atoms with E-state index in [2.05, 4.69) is 84.9 Å². The maximum Gasteiger partial charge on any atom is 0.230 e. The first kappa shape index (κ1) is 33.0. The summed E-state index contributed by atoms with van der Waals surface area (Å²) in [5.74, 6) is 1.64. The molecule has 11 heteroatoms. The van der Waals surface area contributed by atoms with Gasteiger partial charge in [-0.2, -0.15) is 0 Å². The lowest BCUT2D eigenvalue weighted by Crippen LogP contribution is -2.26. The minimum atomic E-state index is -0.0752. The van der Waals surface area contributed by atoms with Crippen molar-refractivity contribution in [2.75, 3.05) is 23.7 Å². The van der Waals surface area contributed by atoms with E-state index in [1.54, 1.807) is 0 Å². The Labute approximate surface area is 290 Å². The molecule has 0 radical (unpaired) electrons. The average Bonchev–Trinajstić information content (AvgIpc) is 3.80. The third-order valence-corrected chi connectivity index (χ3v) is 12.3. The van der Waals surface area contributed by atoms with Crippen LogP contribution in [0.25, 0.3) is 0 Å². The van der Waals surface area contributed by atoms with Gasteiger partial charge in [0.2, 0.25) is 22.1 Å². The third-order valence-electron chi connectivity index (χ3n) is 10.3. The summed E-state index contributed by atoms with van der Waals surface area (Å²) in [5.41, 5.74) is 4.78. The van der Waals surface area contributed by atoms with Crippen LogP contribution in [0, 0.1) is 0 Å². The van der Waals surface area contributed by atoms with Crippen molar-refractivity contribution in [3.63, 3.8) is 0 Å². The van der Waals surface area contributed by atoms with Crippen molar-refractivity contribution in [1.82, 2.24) is 25.7 Å². The van der Waals surface area contributed by atoms with Crippen molar-refractivity contribution < 1.29 is 9.59 Å². The molecule has 48 heavy (non-hydrogen) atoms. The summed E-state index contributed by atoms with van der Waals surface area (Å²) >= 11 is 2.94. The van der Waals surface area contributed by atoms with E-state index >= 15 is 0 Å². The fraction of sp³-hybridized carbons (Fsp3) is 0.514. The molecule has 3 heterocycles. The summed E-state index contributed by atoms with van der Waals surface area (Å²) in [6.07, 6.45) is 13.5. The first-order valence-electron chi connectivity index (χ1n) is 17.7. The van der Waals surface area contributed by atoms with Crippen LogP contribution in [0.4, 0.5) is 10.3 Å². The van der Waals surface area contributed by atoms with Crippen LogP contribution in [0.3, 0.4) is 0 Å². The molecular weight excluding hydrogens is 639 g/mol. The van der Waals surface area contributed by atoms with Gasteiger partial charge < -0.3 is 16.0 Å². The Morgan fingerprint density at radius 2 is 1.04 bits per heavy atom. The second-order valence-corrected chi connectivity index (χ2v) is 15.8. The van der Waals surface area contributed by atoms with E-state index in [9.17, 15) is 9.59 Å². The molecule has 0 unspecified atom stereocenters. The molecule has 2 atom stereocenters. The van der Waals surface area contributed by atoms with E-state index in [0.29, 0.717) is 34.9 Å². The molecule has 0 bridgehead atoms. The van der Waals surface area contributed by atoms with Gasteiger partial charge in [-0.05, 0) is 92.1 Å². The van der Waals surface area contributed by atoms with E-state index < -0.39 is 0 Å². The second kappa shape index (κ2) is 15.8. The SMILES string of the molecule is O=C(Cc1ccc(C2CCCCC2)cc1)Nc1nnc([C@H]2CCC[C@H](c3nnc(NC(=O)Cc4ccc(C5CCNCC5)cc4)s3)C2)s1. The highest BCUT2D eigenvalue weighted by Crippen LogP contribution is 2.43. The monoisotopic (exact) mass is 683 g/mol. The number of benzene rings is 2. The fourth-order valence-electron chi connectivity index (χ4n) is 7.64. The maximum atomic E-state index is 12.8. The molecule has 7 rings (SSSR count). The molecule has 2 aromatic carbocycles. The summed E-state index contributed by atoms with van der Waals surface area (Å²) in [7, 11) is 0. The largest absolute Gasteiger partial charge is 0.317 e. The molecule has 4 aromatic rings. The standard InChI is InChI=1S/C37H45N7O2S2/c45-32(21-24-9-13-27(14-10-24)26-5-2-1-3-6-26)39-36-43-41-34(47-36)30-7-4-8-31(23-30)35-42-44-37(48-35)40-33(46)22-25-11-15-28(16-12-25)29-17-19-38-20-18-29/h9-16,26,29-31,38H,1-8,17-23H2,(H,39,43,45)(H,40,44,46)/t30-,31-/m0/s1. The van der Waals surface area contributed by atoms with Gasteiger partial charge in [0.15, 0.2) is 0 Å². The molecule has 3 N–H and O–H groups in total. The molecule has 1 aliphatic heterocycles. The van der Waals surface area contributed by atoms with E-state index in [0.717, 1.165) is 72.8 Å². The highest BCUT2D eigenvalue weighted by atomic mass is 32.1. The predicted molar refractivity (Wildman–Crippen MR) is 192 cm³/mol. The topological polar surface area (TPSA) is 122 Å². The van der Waals surface area contributed by atoms with Gasteiger partial charge in [-0.25, -0.2) is 0 Å². The number of rotatable bonds is 10. The number of nitrogens with zero attached hydrogens (tertiary/aromatic N) is 4. The Morgan fingerprint density at radius 3 is 1.54 bits per heavy atom. The number of amides is 2. The number of carbonyl (C=O) groups excluding carboxylic acids is 2. The van der Waals surface area contributed by atoms with Gasteiger partial charge in [0.25, 0.3) is 0 Å². The van der Waals surface area contributed by atoms with E-state index in [4.69, 9.17) is 0 Å². The molecule has 3 aliphatic rings. The predicted octanol–water partition coefficient (Wildman–Crippen LogP) is 7.71. The first-order chi connectivity index (χ1) is 23.6. The first-order valence-corrected chi connectivity index (χ1v) is 19.3. The van der Waals surface area contributed by atoms with Crippen molar-refractivity contribution in [2.45, 2.75) is 107 Å². The molecule has 1 saturated heterocycles. The lowest BCUT2D eigenvalue weighted by Gasteiger charge is -2.25. The Balaban J connectivity index is 0.880. The maximum absolute atomic E-state index is 12.8. The van der Waals surface area contributed by atoms with Crippen LogP contribution in [0.1, 0.15) is 127 Å². The van der Waals surface area contributed by atoms with E-state index in [1.807, 2.05) is 0 Å². The molecule has 2 saturated carbocycles. The molecule has 2 aliphatic carbocycles. The van der Waals surface area contributed by atoms with Crippen LogP contribution >= 0.6 is 22.7 Å². The van der Waals surface area contributed by atoms with Crippen LogP contribution in [-0.2, 0) is 22.4 Å². The number of anilines is 2. The number of hydrogen-bond acceptors (Lipinski definition) is 9. The van der Waals surface area contributed by atoms with Crippen LogP contribution in [0.5, 0.6) is 0 Å². The molecule has 252 valence electrons. The molecule has 9 nitrogen and oxygen atoms in total. The number of hydrogen-bond donors (Lipinski definition) is 3. The van der Waals surface area contributed by atoms with Gasteiger partial charge in [0.05, 0.1) is 12.8 Å². The second-order valence-electron chi connectivity index (χ2n) is 13.7. The molecular formula is C37H45N7O2S2. The van der Waals surface area contributed by atoms with Crippen molar-refractivity contribution in [3.05, 3.63) is 80.8 Å². The normalized spacial score (nSPS) is 20.8. The zero-order valence-electron chi connectivity index (χ0n) is 27.5. The van der Waals surface area contributed by atoms with Crippen molar-refractivity contribution in [3.8, 4) is 0 Å². The molecule has 3 fully saturated rings. The van der Waals surface area contributed by atoms with Crippen LogP contribution in [-0.4, -0.2) is 45.3 Å². The highest BCUT2D eigenvalue weighted by Gasteiger charge is 2.29. The molecule has 2 aromatic heterocycles. The highest BCUT2D eigenvalue weighted by molar-refractivity contribution is 7.15. The van der Waals surface area contributed by atoms with Crippen molar-refractivity contribution in [1.29, 1.82) is 0 Å². The number of nitrogens with one attached hydrogen (secondary N) is 3. The smallest absolute Gasteiger partial charge is 0.230 e. The van der Waals surface area contributed by atoms with Gasteiger partial charge in [-0.1, -0.05) is 96.9 Å². The van der Waals surface area contributed by atoms with Crippen LogP contribution in [0.2, 0.25) is 0 Å². The lowest BCUT2D eigenvalue weighted by molar-refractivity contribution is -0.116. The number of carbonyl (C=O) groups is 2. The van der Waals surface area contributed by atoms with Crippen LogP contribution < -0.4 is 16.0 Å². The summed E-state index contributed by atoms with van der Waals surface area (Å²) in [6, 6.07) is 17.1. The van der Waals surface area contributed by atoms with Crippen molar-refractivity contribution >= 4 is 44.8 Å². The summed E-state index contributed by atoms with van der Waals surface area (Å²) in [4.78, 5) is 25.6. The Hall–Kier alpha value is -3.54. The third kappa shape index (κ3) is 8.54. The van der Waals surface area contributed by atoms with Gasteiger partial charge in [-0.3, -0.25) is 9.59 Å². The Bertz CT molecular complexity index is 1540. The molecule has 2 amide bonds. The molecule has 0 spiro atoms. The minimum absolute atomic E-state index is 0.0673. The van der Waals surface area contributed by atoms with Gasteiger partial charge >= 0.3 is 0 Å². The average molecular weight is 684 g/mol. The van der Waals surface area contributed by atoms with Crippen molar-refractivity contribution in [2.24, 2.45) is 0 Å². The van der Waals surface area contributed by atoms with E-state index in [1.165, 1.54) is 65.9 Å². The number of piperidine rings is 1. The summed E-state index contributed by atoms with van der Waals surface area (Å²) in [6.45, 7) is 2.14. The van der Waals surface area contributed by atoms with Crippen LogP contribution in [0.15, 0.2) is 48.5 Å². The van der Waals surface area contributed by atoms with Gasteiger partial charge in [0.1, 0.15) is 10.0 Å². The lowest BCUT2D eigenvalue weighted by atomic mass is 9.82. The van der Waals surface area contributed by atoms with E-state index in [-0.39, 0.29) is 23.7 Å². The Morgan fingerprint density at radius 1 is 0.583 bits per heavy atom. The fourth-order valence-corrected chi connectivity index (χ4v) is 9.46.